The molecule has 3 heterocycles. The molecule has 3 aromatic rings. The molecule has 120 valence electrons. The predicted molar refractivity (Wildman–Crippen MR) is 84.6 cm³/mol. The van der Waals surface area contributed by atoms with Gasteiger partial charge >= 0.3 is 5.97 Å². The maximum Gasteiger partial charge on any atom is 0.339 e. The second kappa shape index (κ2) is 6.24. The Hall–Kier alpha value is -2.01. The number of carbonyl (C=O) groups is 1. The third kappa shape index (κ3) is 3.67. The van der Waals surface area contributed by atoms with Gasteiger partial charge in [0.2, 0.25) is 10.0 Å². The third-order valence-electron chi connectivity index (χ3n) is 2.77. The summed E-state index contributed by atoms with van der Waals surface area (Å²) in [7, 11) is -3.82. The lowest BCUT2D eigenvalue weighted by atomic mass is 10.3. The molecule has 0 bridgehead atoms. The van der Waals surface area contributed by atoms with Crippen molar-refractivity contribution in [3.8, 4) is 10.6 Å². The zero-order valence-corrected chi connectivity index (χ0v) is 13.9. The van der Waals surface area contributed by atoms with E-state index in [2.05, 4.69) is 5.16 Å². The van der Waals surface area contributed by atoms with Crippen LogP contribution >= 0.6 is 22.7 Å². The number of aromatic nitrogens is 1. The number of nitrogens with two attached hydrogens (primary N) is 1. The highest BCUT2D eigenvalue weighted by Crippen LogP contribution is 2.25. The van der Waals surface area contributed by atoms with E-state index in [1.807, 2.05) is 17.5 Å². The summed E-state index contributed by atoms with van der Waals surface area (Å²) in [5, 5.41) is 12.1. The zero-order valence-electron chi connectivity index (χ0n) is 11.5. The van der Waals surface area contributed by atoms with E-state index in [1.54, 1.807) is 6.07 Å². The molecule has 0 aliphatic rings. The Morgan fingerprint density at radius 3 is 2.83 bits per heavy atom. The van der Waals surface area contributed by atoms with Crippen LogP contribution in [0.25, 0.3) is 10.6 Å². The molecular weight excluding hydrogens is 360 g/mol. The number of primary sulfonamides is 1. The molecule has 0 aliphatic heterocycles. The van der Waals surface area contributed by atoms with Gasteiger partial charge in [0.05, 0.1) is 10.4 Å². The molecule has 0 fully saturated rings. The standard InChI is InChI=1S/C13H10N2O5S3/c14-23(17,18)12-4-8(7-22-12)13(16)19-6-9-5-10(20-15-9)11-2-1-3-21-11/h1-5,7H,6H2,(H2,14,17,18). The molecule has 0 amide bonds. The Balaban J connectivity index is 1.64. The molecule has 0 atom stereocenters. The number of thiophene rings is 2. The first-order valence-electron chi connectivity index (χ1n) is 6.21. The lowest BCUT2D eigenvalue weighted by molar-refractivity contribution is 0.0465. The largest absolute Gasteiger partial charge is 0.455 e. The van der Waals surface area contributed by atoms with Gasteiger partial charge in [0.25, 0.3) is 0 Å². The molecule has 0 aliphatic carbocycles. The van der Waals surface area contributed by atoms with Gasteiger partial charge in [-0.1, -0.05) is 11.2 Å². The Morgan fingerprint density at radius 1 is 1.35 bits per heavy atom. The van der Waals surface area contributed by atoms with Crippen molar-refractivity contribution < 1.29 is 22.5 Å². The smallest absolute Gasteiger partial charge is 0.339 e. The van der Waals surface area contributed by atoms with Gasteiger partial charge in [-0.25, -0.2) is 18.4 Å². The van der Waals surface area contributed by atoms with Crippen LogP contribution in [0, 0.1) is 0 Å². The van der Waals surface area contributed by atoms with Gasteiger partial charge in [-0.15, -0.1) is 22.7 Å². The van der Waals surface area contributed by atoms with Crippen LogP contribution in [0.4, 0.5) is 0 Å². The van der Waals surface area contributed by atoms with Crippen LogP contribution < -0.4 is 5.14 Å². The highest BCUT2D eigenvalue weighted by Gasteiger charge is 2.17. The van der Waals surface area contributed by atoms with Crippen LogP contribution in [0.15, 0.2) is 43.8 Å². The van der Waals surface area contributed by atoms with Gasteiger partial charge in [0.15, 0.2) is 5.76 Å². The van der Waals surface area contributed by atoms with Crippen molar-refractivity contribution in [2.24, 2.45) is 5.14 Å². The minimum absolute atomic E-state index is 0.0751. The molecule has 3 aromatic heterocycles. The van der Waals surface area contributed by atoms with Crippen molar-refractivity contribution in [2.45, 2.75) is 10.8 Å². The SMILES string of the molecule is NS(=O)(=O)c1cc(C(=O)OCc2cc(-c3cccs3)on2)cs1. The minimum Gasteiger partial charge on any atom is -0.455 e. The van der Waals surface area contributed by atoms with Crippen LogP contribution in [0.3, 0.4) is 0 Å². The quantitative estimate of drug-likeness (QED) is 0.690. The van der Waals surface area contributed by atoms with Gasteiger partial charge in [0, 0.05) is 11.4 Å². The Bertz CT molecular complexity index is 925. The van der Waals surface area contributed by atoms with Gasteiger partial charge in [-0.05, 0) is 17.5 Å². The molecule has 0 saturated carbocycles. The van der Waals surface area contributed by atoms with Crippen LogP contribution in [-0.2, 0) is 21.4 Å². The van der Waals surface area contributed by atoms with Crippen molar-refractivity contribution in [3.63, 3.8) is 0 Å². The van der Waals surface area contributed by atoms with E-state index >= 15 is 0 Å². The first-order valence-corrected chi connectivity index (χ1v) is 9.52. The fourth-order valence-corrected chi connectivity index (χ4v) is 3.96. The summed E-state index contributed by atoms with van der Waals surface area (Å²) in [6, 6.07) is 6.65. The normalized spacial score (nSPS) is 11.5. The summed E-state index contributed by atoms with van der Waals surface area (Å²) in [5.41, 5.74) is 0.588. The number of nitrogens with zero attached hydrogens (tertiary/aromatic N) is 1. The molecule has 2 N–H and O–H groups in total. The fourth-order valence-electron chi connectivity index (χ4n) is 1.71. The lowest BCUT2D eigenvalue weighted by Crippen LogP contribution is -2.10. The number of hydrogen-bond acceptors (Lipinski definition) is 8. The van der Waals surface area contributed by atoms with E-state index in [4.69, 9.17) is 14.4 Å². The lowest BCUT2D eigenvalue weighted by Gasteiger charge is -1.99. The second-order valence-electron chi connectivity index (χ2n) is 4.44. The number of sulfonamides is 1. The number of esters is 1. The summed E-state index contributed by atoms with van der Waals surface area (Å²) < 4.78 is 32.5. The van der Waals surface area contributed by atoms with E-state index in [0.29, 0.717) is 11.5 Å². The van der Waals surface area contributed by atoms with E-state index in [1.165, 1.54) is 22.8 Å². The number of carbonyl (C=O) groups excluding carboxylic acids is 1. The highest BCUT2D eigenvalue weighted by molar-refractivity contribution is 7.91. The van der Waals surface area contributed by atoms with Crippen molar-refractivity contribution in [2.75, 3.05) is 0 Å². The number of ether oxygens (including phenoxy) is 1. The number of rotatable bonds is 5. The predicted octanol–water partition coefficient (Wildman–Crippen LogP) is 2.47. The van der Waals surface area contributed by atoms with Crippen molar-refractivity contribution in [1.82, 2.24) is 5.16 Å². The Labute approximate surface area is 139 Å². The second-order valence-corrected chi connectivity index (χ2v) is 8.08. The average molecular weight is 370 g/mol. The summed E-state index contributed by atoms with van der Waals surface area (Å²) in [4.78, 5) is 12.8. The minimum atomic E-state index is -3.82. The molecule has 3 rings (SSSR count). The highest BCUT2D eigenvalue weighted by atomic mass is 32.2. The Morgan fingerprint density at radius 2 is 2.17 bits per heavy atom. The van der Waals surface area contributed by atoms with E-state index in [0.717, 1.165) is 16.2 Å². The molecule has 0 unspecified atom stereocenters. The molecule has 0 saturated heterocycles. The summed E-state index contributed by atoms with van der Waals surface area (Å²) in [5.74, 6) is -0.0603. The first-order chi connectivity index (χ1) is 10.9. The van der Waals surface area contributed by atoms with Crippen LogP contribution in [-0.4, -0.2) is 19.5 Å². The summed E-state index contributed by atoms with van der Waals surface area (Å²) >= 11 is 2.37. The zero-order chi connectivity index (χ0) is 16.4. The van der Waals surface area contributed by atoms with Crippen LogP contribution in [0.2, 0.25) is 0 Å². The van der Waals surface area contributed by atoms with Crippen molar-refractivity contribution in [3.05, 3.63) is 46.3 Å². The van der Waals surface area contributed by atoms with Gasteiger partial charge in [-0.3, -0.25) is 0 Å². The topological polar surface area (TPSA) is 112 Å². The van der Waals surface area contributed by atoms with Crippen LogP contribution in [0.5, 0.6) is 0 Å². The van der Waals surface area contributed by atoms with Gasteiger partial charge < -0.3 is 9.26 Å². The molecule has 23 heavy (non-hydrogen) atoms. The maximum atomic E-state index is 11.9. The number of hydrogen-bond donors (Lipinski definition) is 1. The first kappa shape index (κ1) is 15.9. The molecule has 0 aromatic carbocycles. The fraction of sp³-hybridized carbons (Fsp3) is 0.0769. The van der Waals surface area contributed by atoms with E-state index in [9.17, 15) is 13.2 Å². The van der Waals surface area contributed by atoms with Gasteiger partial charge in [0.1, 0.15) is 16.5 Å². The summed E-state index contributed by atoms with van der Waals surface area (Å²) in [6.45, 7) is -0.0751. The Kier molecular flexibility index (Phi) is 4.31. The molecule has 0 radical (unpaired) electrons. The average Bonchev–Trinajstić information content (AvgIpc) is 3.22. The van der Waals surface area contributed by atoms with Gasteiger partial charge in [-0.2, -0.15) is 0 Å². The van der Waals surface area contributed by atoms with E-state index in [-0.39, 0.29) is 16.4 Å². The molecule has 10 heteroatoms. The van der Waals surface area contributed by atoms with Crippen molar-refractivity contribution in [1.29, 1.82) is 0 Å². The molecule has 0 spiro atoms. The third-order valence-corrected chi connectivity index (χ3v) is 6.04. The monoisotopic (exact) mass is 370 g/mol. The van der Waals surface area contributed by atoms with E-state index < -0.39 is 16.0 Å². The molecule has 7 nitrogen and oxygen atoms in total. The van der Waals surface area contributed by atoms with Crippen LogP contribution in [0.1, 0.15) is 16.1 Å². The molecular formula is C13H10N2O5S3. The van der Waals surface area contributed by atoms with Crippen molar-refractivity contribution >= 4 is 38.7 Å². The summed E-state index contributed by atoms with van der Waals surface area (Å²) in [6.07, 6.45) is 0. The maximum absolute atomic E-state index is 11.9.